The first kappa shape index (κ1) is 23.0. The number of aromatic nitrogens is 6. The van der Waals surface area contributed by atoms with Crippen LogP contribution in [0.15, 0.2) is 102 Å². The van der Waals surface area contributed by atoms with Crippen LogP contribution in [-0.4, -0.2) is 29.5 Å². The molecule has 0 aliphatic heterocycles. The van der Waals surface area contributed by atoms with Crippen molar-refractivity contribution < 1.29 is 0 Å². The zero-order valence-corrected chi connectivity index (χ0v) is 21.1. The summed E-state index contributed by atoms with van der Waals surface area (Å²) in [4.78, 5) is 32.5. The Morgan fingerprint density at radius 1 is 0.923 bits per heavy atom. The smallest absolute Gasteiger partial charge is 0.282 e. The first-order valence-electron chi connectivity index (χ1n) is 13.0. The summed E-state index contributed by atoms with van der Waals surface area (Å²) in [6, 6.07) is 19.8. The topological polar surface area (TPSA) is 101 Å². The van der Waals surface area contributed by atoms with Crippen LogP contribution in [0.2, 0.25) is 0 Å². The third-order valence-corrected chi connectivity index (χ3v) is 7.26. The number of anilines is 2. The van der Waals surface area contributed by atoms with Crippen LogP contribution in [0.5, 0.6) is 0 Å². The average molecular weight is 512 g/mol. The third-order valence-electron chi connectivity index (χ3n) is 7.26. The first-order valence-corrected chi connectivity index (χ1v) is 13.0. The molecule has 1 aliphatic carbocycles. The van der Waals surface area contributed by atoms with Crippen LogP contribution in [0.3, 0.4) is 0 Å². The molecular formula is C31H25N7O. The van der Waals surface area contributed by atoms with Gasteiger partial charge in [0, 0.05) is 29.5 Å². The Morgan fingerprint density at radius 2 is 1.85 bits per heavy atom. The van der Waals surface area contributed by atoms with Gasteiger partial charge in [0.1, 0.15) is 11.6 Å². The number of aromatic amines is 1. The van der Waals surface area contributed by atoms with Crippen molar-refractivity contribution in [3.8, 4) is 22.4 Å². The Kier molecular flexibility index (Phi) is 5.70. The number of benzene rings is 2. The van der Waals surface area contributed by atoms with Gasteiger partial charge in [-0.3, -0.25) is 19.9 Å². The van der Waals surface area contributed by atoms with E-state index in [1.54, 1.807) is 29.3 Å². The number of H-pyrrole nitrogens is 1. The van der Waals surface area contributed by atoms with Crippen molar-refractivity contribution in [3.63, 3.8) is 0 Å². The van der Waals surface area contributed by atoms with Crippen LogP contribution >= 0.6 is 0 Å². The SMILES string of the molecule is O=c1c(-c2ccc3ncccc3c2)c(Nc2cnccn2)nc2c(C3CC=CCC3)c(-c3ccccc3)[nH]n12. The lowest BCUT2D eigenvalue weighted by Gasteiger charge is -2.19. The molecule has 190 valence electrons. The van der Waals surface area contributed by atoms with E-state index in [0.29, 0.717) is 22.8 Å². The van der Waals surface area contributed by atoms with Crippen LogP contribution in [0.4, 0.5) is 11.6 Å². The molecule has 0 saturated heterocycles. The summed E-state index contributed by atoms with van der Waals surface area (Å²) in [5.41, 5.74) is 5.48. The highest BCUT2D eigenvalue weighted by Crippen LogP contribution is 2.39. The van der Waals surface area contributed by atoms with E-state index < -0.39 is 0 Å². The van der Waals surface area contributed by atoms with Crippen LogP contribution in [0, 0.1) is 0 Å². The second-order valence-electron chi connectivity index (χ2n) is 9.67. The van der Waals surface area contributed by atoms with Gasteiger partial charge < -0.3 is 5.32 Å². The Labute approximate surface area is 224 Å². The fraction of sp³-hybridized carbons (Fsp3) is 0.129. The molecule has 4 heterocycles. The molecule has 0 bridgehead atoms. The first-order chi connectivity index (χ1) is 19.3. The maximum atomic E-state index is 14.3. The van der Waals surface area contributed by atoms with E-state index in [-0.39, 0.29) is 11.5 Å². The molecule has 0 radical (unpaired) electrons. The summed E-state index contributed by atoms with van der Waals surface area (Å²) in [5, 5.41) is 7.66. The Bertz CT molecular complexity index is 1890. The van der Waals surface area contributed by atoms with Gasteiger partial charge in [0.25, 0.3) is 5.56 Å². The van der Waals surface area contributed by atoms with Crippen molar-refractivity contribution in [2.75, 3.05) is 5.32 Å². The molecule has 2 N–H and O–H groups in total. The Hall–Kier alpha value is -5.11. The zero-order valence-electron chi connectivity index (χ0n) is 21.1. The molecule has 7 rings (SSSR count). The maximum absolute atomic E-state index is 14.3. The van der Waals surface area contributed by atoms with E-state index in [2.05, 4.69) is 49.7 Å². The highest BCUT2D eigenvalue weighted by molar-refractivity contribution is 5.88. The van der Waals surface area contributed by atoms with Crippen LogP contribution in [-0.2, 0) is 0 Å². The number of pyridine rings is 1. The van der Waals surface area contributed by atoms with Gasteiger partial charge in [0.2, 0.25) is 0 Å². The van der Waals surface area contributed by atoms with Gasteiger partial charge in [0.05, 0.1) is 23.0 Å². The normalized spacial score (nSPS) is 15.1. The van der Waals surface area contributed by atoms with E-state index in [1.807, 2.05) is 48.5 Å². The van der Waals surface area contributed by atoms with Gasteiger partial charge in [-0.15, -0.1) is 0 Å². The largest absolute Gasteiger partial charge is 0.323 e. The van der Waals surface area contributed by atoms with Gasteiger partial charge in [0.15, 0.2) is 5.65 Å². The quantitative estimate of drug-likeness (QED) is 0.265. The third kappa shape index (κ3) is 4.16. The number of nitrogens with zero attached hydrogens (tertiary/aromatic N) is 5. The number of allylic oxidation sites excluding steroid dienone is 2. The van der Waals surface area contributed by atoms with Crippen LogP contribution < -0.4 is 10.9 Å². The minimum atomic E-state index is -0.190. The summed E-state index contributed by atoms with van der Waals surface area (Å²) >= 11 is 0. The van der Waals surface area contributed by atoms with Crippen LogP contribution in [0.1, 0.15) is 30.7 Å². The molecule has 1 unspecified atom stereocenters. The molecule has 2 aromatic carbocycles. The Morgan fingerprint density at radius 3 is 2.67 bits per heavy atom. The molecule has 0 saturated carbocycles. The number of nitrogens with one attached hydrogen (secondary N) is 2. The molecule has 6 aromatic rings. The second kappa shape index (κ2) is 9.64. The predicted octanol–water partition coefficient (Wildman–Crippen LogP) is 6.26. The van der Waals surface area contributed by atoms with E-state index in [9.17, 15) is 4.79 Å². The van der Waals surface area contributed by atoms with Gasteiger partial charge in [-0.25, -0.2) is 14.5 Å². The summed E-state index contributed by atoms with van der Waals surface area (Å²) < 4.78 is 1.60. The van der Waals surface area contributed by atoms with Gasteiger partial charge in [-0.1, -0.05) is 54.6 Å². The van der Waals surface area contributed by atoms with Gasteiger partial charge >= 0.3 is 0 Å². The monoisotopic (exact) mass is 511 g/mol. The summed E-state index contributed by atoms with van der Waals surface area (Å²) in [5.74, 6) is 1.19. The fourth-order valence-corrected chi connectivity index (χ4v) is 5.42. The molecule has 0 spiro atoms. The lowest BCUT2D eigenvalue weighted by Crippen LogP contribution is -2.20. The molecule has 8 nitrogen and oxygen atoms in total. The Balaban J connectivity index is 1.52. The second-order valence-corrected chi connectivity index (χ2v) is 9.67. The highest BCUT2D eigenvalue weighted by atomic mass is 16.1. The van der Waals surface area contributed by atoms with Crippen molar-refractivity contribution in [2.45, 2.75) is 25.2 Å². The predicted molar refractivity (Wildman–Crippen MR) is 153 cm³/mol. The average Bonchev–Trinajstić information content (AvgIpc) is 3.38. The lowest BCUT2D eigenvalue weighted by atomic mass is 9.86. The molecule has 8 heteroatoms. The minimum Gasteiger partial charge on any atom is -0.323 e. The molecule has 0 fully saturated rings. The zero-order chi connectivity index (χ0) is 26.2. The number of hydrogen-bond donors (Lipinski definition) is 2. The molecular weight excluding hydrogens is 486 g/mol. The van der Waals surface area contributed by atoms with Crippen molar-refractivity contribution >= 4 is 28.2 Å². The van der Waals surface area contributed by atoms with Crippen molar-refractivity contribution in [1.82, 2.24) is 29.5 Å². The van der Waals surface area contributed by atoms with Crippen molar-refractivity contribution in [3.05, 3.63) is 114 Å². The van der Waals surface area contributed by atoms with Crippen molar-refractivity contribution in [2.24, 2.45) is 0 Å². The number of hydrogen-bond acceptors (Lipinski definition) is 6. The lowest BCUT2D eigenvalue weighted by molar-refractivity contribution is 0.621. The van der Waals surface area contributed by atoms with Gasteiger partial charge in [-0.05, 0) is 54.5 Å². The van der Waals surface area contributed by atoms with E-state index >= 15 is 0 Å². The molecule has 1 aliphatic rings. The summed E-state index contributed by atoms with van der Waals surface area (Å²) in [7, 11) is 0. The summed E-state index contributed by atoms with van der Waals surface area (Å²) in [6.45, 7) is 0. The van der Waals surface area contributed by atoms with E-state index in [0.717, 1.165) is 52.5 Å². The highest BCUT2D eigenvalue weighted by Gasteiger charge is 2.27. The minimum absolute atomic E-state index is 0.190. The van der Waals surface area contributed by atoms with Crippen LogP contribution in [0.25, 0.3) is 38.9 Å². The standard InChI is InChI=1S/C31H25N7O/c39-31-27(23-13-14-24-22(18-23)12-7-15-33-24)29(35-25-19-32-16-17-34-25)36-30-26(20-8-3-1-4-9-20)28(37-38(30)31)21-10-5-2-6-11-21/h1-3,5-7,10-20,37H,4,8-9H2,(H,34,35). The molecule has 4 aromatic heterocycles. The molecule has 0 amide bonds. The number of fused-ring (bicyclic) bond motifs is 2. The van der Waals surface area contributed by atoms with Crippen molar-refractivity contribution in [1.29, 1.82) is 0 Å². The maximum Gasteiger partial charge on any atom is 0.282 e. The van der Waals surface area contributed by atoms with E-state index in [1.165, 1.54) is 0 Å². The van der Waals surface area contributed by atoms with Gasteiger partial charge in [-0.2, -0.15) is 0 Å². The van der Waals surface area contributed by atoms with E-state index in [4.69, 9.17) is 4.98 Å². The number of rotatable bonds is 5. The molecule has 1 atom stereocenters. The summed E-state index contributed by atoms with van der Waals surface area (Å²) in [6.07, 6.45) is 13.9. The fourth-order valence-electron chi connectivity index (χ4n) is 5.42. The molecule has 39 heavy (non-hydrogen) atoms.